The van der Waals surface area contributed by atoms with E-state index in [1.807, 2.05) is 24.3 Å². The number of methoxy groups -OCH3 is 1. The van der Waals surface area contributed by atoms with Gasteiger partial charge in [0.1, 0.15) is 5.75 Å². The van der Waals surface area contributed by atoms with Gasteiger partial charge in [-0.15, -0.1) is 0 Å². The molecule has 1 aromatic carbocycles. The Hall–Kier alpha value is -1.89. The Morgan fingerprint density at radius 3 is 2.68 bits per heavy atom. The standard InChI is InChI=1S/C19H26N2O4/c1-23-16-5-3-15(4-6-16)18-13-20-19(25-18)14-21-9-7-17(8-10-21)24-12-2-11-22/h3-6,13,17,22H,2,7-12,14H2,1H3. The van der Waals surface area contributed by atoms with Crippen molar-refractivity contribution in [3.63, 3.8) is 0 Å². The molecule has 0 saturated carbocycles. The molecule has 0 bridgehead atoms. The van der Waals surface area contributed by atoms with Crippen molar-refractivity contribution in [2.24, 2.45) is 0 Å². The van der Waals surface area contributed by atoms with Gasteiger partial charge in [-0.2, -0.15) is 0 Å². The topological polar surface area (TPSA) is 68.0 Å². The van der Waals surface area contributed by atoms with Gasteiger partial charge in [0.15, 0.2) is 5.76 Å². The van der Waals surface area contributed by atoms with Crippen molar-refractivity contribution in [1.82, 2.24) is 9.88 Å². The second-order valence-corrected chi connectivity index (χ2v) is 6.27. The highest BCUT2D eigenvalue weighted by atomic mass is 16.5. The number of hydrogen-bond acceptors (Lipinski definition) is 6. The third-order valence-corrected chi connectivity index (χ3v) is 4.48. The highest BCUT2D eigenvalue weighted by molar-refractivity contribution is 5.57. The molecule has 1 aromatic heterocycles. The zero-order valence-electron chi connectivity index (χ0n) is 14.7. The molecule has 2 aromatic rings. The fraction of sp³-hybridized carbons (Fsp3) is 0.526. The van der Waals surface area contributed by atoms with E-state index < -0.39 is 0 Å². The Morgan fingerprint density at radius 2 is 2.00 bits per heavy atom. The van der Waals surface area contributed by atoms with Crippen molar-refractivity contribution in [3.8, 4) is 17.1 Å². The average molecular weight is 346 g/mol. The quantitative estimate of drug-likeness (QED) is 0.741. The van der Waals surface area contributed by atoms with Crippen molar-refractivity contribution in [3.05, 3.63) is 36.4 Å². The fourth-order valence-electron chi connectivity index (χ4n) is 3.01. The average Bonchev–Trinajstić information content (AvgIpc) is 3.12. The van der Waals surface area contributed by atoms with E-state index in [-0.39, 0.29) is 6.61 Å². The van der Waals surface area contributed by atoms with Gasteiger partial charge in [0.2, 0.25) is 5.89 Å². The summed E-state index contributed by atoms with van der Waals surface area (Å²) in [5.74, 6) is 2.35. The van der Waals surface area contributed by atoms with E-state index in [9.17, 15) is 0 Å². The number of benzene rings is 1. The maximum Gasteiger partial charge on any atom is 0.209 e. The molecule has 2 heterocycles. The van der Waals surface area contributed by atoms with Crippen LogP contribution in [0.4, 0.5) is 0 Å². The number of hydrogen-bond donors (Lipinski definition) is 1. The van der Waals surface area contributed by atoms with Crippen LogP contribution in [0.3, 0.4) is 0 Å². The van der Waals surface area contributed by atoms with Crippen LogP contribution in [-0.4, -0.2) is 54.5 Å². The summed E-state index contributed by atoms with van der Waals surface area (Å²) in [5, 5.41) is 8.80. The van der Waals surface area contributed by atoms with E-state index in [0.717, 1.165) is 55.4 Å². The van der Waals surface area contributed by atoms with Gasteiger partial charge in [0.25, 0.3) is 0 Å². The maximum atomic E-state index is 8.80. The highest BCUT2D eigenvalue weighted by Gasteiger charge is 2.21. The third-order valence-electron chi connectivity index (χ3n) is 4.48. The number of oxazole rings is 1. The lowest BCUT2D eigenvalue weighted by atomic mass is 10.1. The largest absolute Gasteiger partial charge is 0.497 e. The molecule has 136 valence electrons. The molecule has 25 heavy (non-hydrogen) atoms. The molecule has 1 aliphatic heterocycles. The van der Waals surface area contributed by atoms with Gasteiger partial charge in [-0.3, -0.25) is 4.90 Å². The predicted octanol–water partition coefficient (Wildman–Crippen LogP) is 2.71. The van der Waals surface area contributed by atoms with Crippen LogP contribution in [0.1, 0.15) is 25.2 Å². The van der Waals surface area contributed by atoms with Gasteiger partial charge < -0.3 is 19.0 Å². The summed E-state index contributed by atoms with van der Waals surface area (Å²) in [4.78, 5) is 6.75. The van der Waals surface area contributed by atoms with Gasteiger partial charge in [0, 0.05) is 31.9 Å². The van der Waals surface area contributed by atoms with Crippen LogP contribution in [0.15, 0.2) is 34.9 Å². The predicted molar refractivity (Wildman–Crippen MR) is 94.4 cm³/mol. The van der Waals surface area contributed by atoms with Crippen LogP contribution in [0.2, 0.25) is 0 Å². The summed E-state index contributed by atoms with van der Waals surface area (Å²) in [7, 11) is 1.66. The van der Waals surface area contributed by atoms with Crippen LogP contribution in [0.5, 0.6) is 5.75 Å². The Balaban J connectivity index is 1.49. The zero-order chi connectivity index (χ0) is 17.5. The van der Waals surface area contributed by atoms with E-state index in [4.69, 9.17) is 19.0 Å². The van der Waals surface area contributed by atoms with Gasteiger partial charge in [-0.05, 0) is 43.5 Å². The highest BCUT2D eigenvalue weighted by Crippen LogP contribution is 2.24. The first-order chi connectivity index (χ1) is 12.3. The molecule has 0 atom stereocenters. The van der Waals surface area contributed by atoms with Crippen LogP contribution < -0.4 is 4.74 Å². The molecule has 3 rings (SSSR count). The Morgan fingerprint density at radius 1 is 1.24 bits per heavy atom. The number of aliphatic hydroxyl groups is 1. The lowest BCUT2D eigenvalue weighted by molar-refractivity contribution is -0.000559. The molecule has 0 unspecified atom stereocenters. The number of piperidine rings is 1. The fourth-order valence-corrected chi connectivity index (χ4v) is 3.01. The molecular formula is C19H26N2O4. The van der Waals surface area contributed by atoms with E-state index in [0.29, 0.717) is 19.1 Å². The molecule has 6 heteroatoms. The number of aromatic nitrogens is 1. The van der Waals surface area contributed by atoms with Crippen molar-refractivity contribution < 1.29 is 19.0 Å². The minimum atomic E-state index is 0.194. The molecule has 0 radical (unpaired) electrons. The number of ether oxygens (including phenoxy) is 2. The number of aliphatic hydroxyl groups excluding tert-OH is 1. The van der Waals surface area contributed by atoms with Crippen LogP contribution in [0, 0.1) is 0 Å². The molecule has 6 nitrogen and oxygen atoms in total. The minimum absolute atomic E-state index is 0.194. The molecular weight excluding hydrogens is 320 g/mol. The van der Waals surface area contributed by atoms with Crippen molar-refractivity contribution in [2.45, 2.75) is 31.9 Å². The summed E-state index contributed by atoms with van der Waals surface area (Å²) in [6.45, 7) is 3.51. The van der Waals surface area contributed by atoms with E-state index in [1.54, 1.807) is 13.3 Å². The SMILES string of the molecule is COc1ccc(-c2cnc(CN3CCC(OCCCO)CC3)o2)cc1. The smallest absolute Gasteiger partial charge is 0.209 e. The van der Waals surface area contributed by atoms with Crippen LogP contribution in [0.25, 0.3) is 11.3 Å². The summed E-state index contributed by atoms with van der Waals surface area (Å²) in [6.07, 6.45) is 4.82. The lowest BCUT2D eigenvalue weighted by Crippen LogP contribution is -2.36. The number of likely N-dealkylation sites (tertiary alicyclic amines) is 1. The first kappa shape index (κ1) is 17.9. The van der Waals surface area contributed by atoms with E-state index in [2.05, 4.69) is 9.88 Å². The lowest BCUT2D eigenvalue weighted by Gasteiger charge is -2.30. The summed E-state index contributed by atoms with van der Waals surface area (Å²) < 4.78 is 16.8. The van der Waals surface area contributed by atoms with E-state index >= 15 is 0 Å². The second-order valence-electron chi connectivity index (χ2n) is 6.27. The zero-order valence-corrected chi connectivity index (χ0v) is 14.7. The summed E-state index contributed by atoms with van der Waals surface area (Å²) in [6, 6.07) is 7.77. The van der Waals surface area contributed by atoms with Crippen LogP contribution in [-0.2, 0) is 11.3 Å². The van der Waals surface area contributed by atoms with Gasteiger partial charge >= 0.3 is 0 Å². The molecule has 0 aliphatic carbocycles. The van der Waals surface area contributed by atoms with Crippen molar-refractivity contribution in [1.29, 1.82) is 0 Å². The monoisotopic (exact) mass is 346 g/mol. The molecule has 1 saturated heterocycles. The maximum absolute atomic E-state index is 8.80. The summed E-state index contributed by atoms with van der Waals surface area (Å²) >= 11 is 0. The van der Waals surface area contributed by atoms with Crippen molar-refractivity contribution in [2.75, 3.05) is 33.4 Å². The minimum Gasteiger partial charge on any atom is -0.497 e. The molecule has 1 fully saturated rings. The van der Waals surface area contributed by atoms with Gasteiger partial charge in [-0.25, -0.2) is 4.98 Å². The number of nitrogens with zero attached hydrogens (tertiary/aromatic N) is 2. The Bertz CT molecular complexity index is 633. The Kier molecular flexibility index (Phi) is 6.44. The molecule has 0 amide bonds. The Labute approximate surface area is 148 Å². The van der Waals surface area contributed by atoms with Crippen LogP contribution >= 0.6 is 0 Å². The summed E-state index contributed by atoms with van der Waals surface area (Å²) in [5.41, 5.74) is 0.996. The van der Waals surface area contributed by atoms with Gasteiger partial charge in [-0.1, -0.05) is 0 Å². The van der Waals surface area contributed by atoms with Gasteiger partial charge in [0.05, 0.1) is 26.0 Å². The molecule has 1 N–H and O–H groups in total. The first-order valence-electron chi connectivity index (χ1n) is 8.82. The normalized spacial score (nSPS) is 16.2. The second kappa shape index (κ2) is 8.99. The van der Waals surface area contributed by atoms with E-state index in [1.165, 1.54) is 0 Å². The number of rotatable bonds is 8. The molecule has 0 spiro atoms. The third kappa shape index (κ3) is 5.04. The molecule has 1 aliphatic rings. The van der Waals surface area contributed by atoms with Crippen molar-refractivity contribution >= 4 is 0 Å². The first-order valence-corrected chi connectivity index (χ1v) is 8.82.